The number of sulfonamides is 1. The van der Waals surface area contributed by atoms with Crippen LogP contribution < -0.4 is 5.32 Å². The quantitative estimate of drug-likeness (QED) is 0.621. The molecule has 8 heteroatoms. The number of amides is 1. The first-order valence-corrected chi connectivity index (χ1v) is 10.5. The number of carbonyl (C=O) groups is 1. The zero-order valence-corrected chi connectivity index (χ0v) is 17.0. The number of carbonyl (C=O) groups excluding carboxylic acids is 1. The van der Waals surface area contributed by atoms with Gasteiger partial charge >= 0.3 is 0 Å². The molecule has 0 radical (unpaired) electrons. The molecular formula is C21H18ClFN2O3S. The zero-order valence-electron chi connectivity index (χ0n) is 15.5. The summed E-state index contributed by atoms with van der Waals surface area (Å²) in [5, 5.41) is 2.90. The van der Waals surface area contributed by atoms with Crippen molar-refractivity contribution in [3.63, 3.8) is 0 Å². The van der Waals surface area contributed by atoms with Crippen molar-refractivity contribution in [1.29, 1.82) is 0 Å². The van der Waals surface area contributed by atoms with Crippen molar-refractivity contribution in [2.24, 2.45) is 0 Å². The number of nitrogens with zero attached hydrogens (tertiary/aromatic N) is 1. The van der Waals surface area contributed by atoms with Crippen LogP contribution in [0.5, 0.6) is 0 Å². The summed E-state index contributed by atoms with van der Waals surface area (Å²) in [6.07, 6.45) is 0. The van der Waals surface area contributed by atoms with E-state index in [-0.39, 0.29) is 17.1 Å². The number of anilines is 1. The fourth-order valence-electron chi connectivity index (χ4n) is 2.66. The summed E-state index contributed by atoms with van der Waals surface area (Å²) in [5.41, 5.74) is 0.994. The minimum absolute atomic E-state index is 0.116. The molecule has 0 bridgehead atoms. The van der Waals surface area contributed by atoms with Gasteiger partial charge in [0, 0.05) is 24.2 Å². The first-order chi connectivity index (χ1) is 13.8. The summed E-state index contributed by atoms with van der Waals surface area (Å²) in [4.78, 5) is 12.0. The predicted octanol–water partition coefficient (Wildman–Crippen LogP) is 4.55. The molecule has 0 aromatic heterocycles. The molecule has 1 amide bonds. The van der Waals surface area contributed by atoms with Gasteiger partial charge in [0.2, 0.25) is 10.0 Å². The Morgan fingerprint density at radius 1 is 1.03 bits per heavy atom. The second kappa shape index (κ2) is 8.73. The minimum Gasteiger partial charge on any atom is -0.319 e. The van der Waals surface area contributed by atoms with E-state index < -0.39 is 21.7 Å². The van der Waals surface area contributed by atoms with Crippen LogP contribution in [0.2, 0.25) is 5.02 Å². The summed E-state index contributed by atoms with van der Waals surface area (Å²) in [6.45, 7) is 0.153. The van der Waals surface area contributed by atoms with Gasteiger partial charge in [0.05, 0.1) is 10.6 Å². The molecular weight excluding hydrogens is 415 g/mol. The molecule has 0 saturated carbocycles. The van der Waals surface area contributed by atoms with Crippen LogP contribution in [-0.2, 0) is 16.6 Å². The zero-order chi connectivity index (χ0) is 21.0. The van der Waals surface area contributed by atoms with E-state index in [0.29, 0.717) is 10.6 Å². The van der Waals surface area contributed by atoms with Crippen LogP contribution in [0, 0.1) is 5.82 Å². The highest BCUT2D eigenvalue weighted by Gasteiger charge is 2.22. The number of nitrogens with one attached hydrogen (secondary N) is 1. The lowest BCUT2D eigenvalue weighted by atomic mass is 10.2. The highest BCUT2D eigenvalue weighted by Crippen LogP contribution is 2.23. The highest BCUT2D eigenvalue weighted by molar-refractivity contribution is 7.89. The molecule has 3 aromatic rings. The van der Waals surface area contributed by atoms with Crippen LogP contribution in [-0.4, -0.2) is 25.7 Å². The van der Waals surface area contributed by atoms with E-state index in [1.54, 1.807) is 12.1 Å². The largest absolute Gasteiger partial charge is 0.319 e. The summed E-state index contributed by atoms with van der Waals surface area (Å²) >= 11 is 5.79. The Hall–Kier alpha value is -2.74. The maximum Gasteiger partial charge on any atom is 0.255 e. The maximum absolute atomic E-state index is 14.5. The van der Waals surface area contributed by atoms with E-state index in [1.165, 1.54) is 31.3 Å². The lowest BCUT2D eigenvalue weighted by molar-refractivity contribution is 0.102. The number of hydrogen-bond donors (Lipinski definition) is 1. The monoisotopic (exact) mass is 432 g/mol. The van der Waals surface area contributed by atoms with E-state index >= 15 is 0 Å². The Morgan fingerprint density at radius 2 is 1.69 bits per heavy atom. The predicted molar refractivity (Wildman–Crippen MR) is 111 cm³/mol. The highest BCUT2D eigenvalue weighted by atomic mass is 35.5. The van der Waals surface area contributed by atoms with Crippen LogP contribution in [0.1, 0.15) is 15.9 Å². The van der Waals surface area contributed by atoms with Crippen molar-refractivity contribution in [2.45, 2.75) is 11.4 Å². The maximum atomic E-state index is 14.5. The molecule has 150 valence electrons. The van der Waals surface area contributed by atoms with Gasteiger partial charge in [-0.1, -0.05) is 41.9 Å². The van der Waals surface area contributed by atoms with E-state index in [4.69, 9.17) is 11.6 Å². The molecule has 0 fully saturated rings. The standard InChI is InChI=1S/C21H18ClFN2O3S/c1-25(14-15-5-3-2-4-6-15)29(27,28)18-11-12-20(19(23)13-18)24-21(26)16-7-9-17(22)10-8-16/h2-13H,14H2,1H3,(H,24,26). The molecule has 0 atom stereocenters. The third-order valence-corrected chi connectivity index (χ3v) is 6.30. The molecule has 0 unspecified atom stereocenters. The molecule has 3 aromatic carbocycles. The fourth-order valence-corrected chi connectivity index (χ4v) is 3.96. The van der Waals surface area contributed by atoms with E-state index in [9.17, 15) is 17.6 Å². The number of rotatable bonds is 6. The first kappa shape index (κ1) is 21.0. The molecule has 0 aliphatic rings. The molecule has 0 heterocycles. The van der Waals surface area contributed by atoms with Gasteiger partial charge in [-0.25, -0.2) is 12.8 Å². The number of benzene rings is 3. The molecule has 0 saturated heterocycles. The normalized spacial score (nSPS) is 11.4. The molecule has 3 rings (SSSR count). The third kappa shape index (κ3) is 5.00. The van der Waals surface area contributed by atoms with Gasteiger partial charge in [-0.15, -0.1) is 0 Å². The van der Waals surface area contributed by atoms with E-state index in [0.717, 1.165) is 15.9 Å². The number of halogens is 2. The molecule has 0 spiro atoms. The van der Waals surface area contributed by atoms with Crippen molar-refractivity contribution in [1.82, 2.24) is 4.31 Å². The summed E-state index contributed by atoms with van der Waals surface area (Å²) in [7, 11) is -2.47. The lowest BCUT2D eigenvalue weighted by Gasteiger charge is -2.18. The summed E-state index contributed by atoms with van der Waals surface area (Å²) in [5.74, 6) is -1.38. The van der Waals surface area contributed by atoms with Crippen LogP contribution in [0.25, 0.3) is 0 Å². The molecule has 1 N–H and O–H groups in total. The smallest absolute Gasteiger partial charge is 0.255 e. The number of hydrogen-bond acceptors (Lipinski definition) is 3. The van der Waals surface area contributed by atoms with Crippen LogP contribution >= 0.6 is 11.6 Å². The summed E-state index contributed by atoms with van der Waals surface area (Å²) in [6, 6.07) is 18.6. The van der Waals surface area contributed by atoms with Gasteiger partial charge in [-0.3, -0.25) is 4.79 Å². The van der Waals surface area contributed by atoms with E-state index in [1.807, 2.05) is 30.3 Å². The van der Waals surface area contributed by atoms with E-state index in [2.05, 4.69) is 5.32 Å². The molecule has 5 nitrogen and oxygen atoms in total. The molecule has 29 heavy (non-hydrogen) atoms. The van der Waals surface area contributed by atoms with Crippen molar-refractivity contribution in [3.8, 4) is 0 Å². The Kier molecular flexibility index (Phi) is 6.32. The Balaban J connectivity index is 1.77. The van der Waals surface area contributed by atoms with Crippen LogP contribution in [0.3, 0.4) is 0 Å². The molecule has 0 aliphatic heterocycles. The van der Waals surface area contributed by atoms with Gasteiger partial charge in [-0.2, -0.15) is 4.31 Å². The SMILES string of the molecule is CN(Cc1ccccc1)S(=O)(=O)c1ccc(NC(=O)c2ccc(Cl)cc2)c(F)c1. The Labute approximate surface area is 173 Å². The second-order valence-electron chi connectivity index (χ2n) is 6.35. The second-order valence-corrected chi connectivity index (χ2v) is 8.83. The van der Waals surface area contributed by atoms with Gasteiger partial charge in [-0.05, 0) is 48.0 Å². The topological polar surface area (TPSA) is 66.5 Å². The van der Waals surface area contributed by atoms with Crippen molar-refractivity contribution in [3.05, 3.63) is 94.8 Å². The van der Waals surface area contributed by atoms with Gasteiger partial charge in [0.25, 0.3) is 5.91 Å². The van der Waals surface area contributed by atoms with Crippen molar-refractivity contribution >= 4 is 33.2 Å². The van der Waals surface area contributed by atoms with Gasteiger partial charge < -0.3 is 5.32 Å². The average Bonchev–Trinajstić information content (AvgIpc) is 2.70. The minimum atomic E-state index is -3.90. The van der Waals surface area contributed by atoms with Crippen LogP contribution in [0.4, 0.5) is 10.1 Å². The average molecular weight is 433 g/mol. The third-order valence-electron chi connectivity index (χ3n) is 4.25. The Bertz CT molecular complexity index is 1120. The van der Waals surface area contributed by atoms with Crippen molar-refractivity contribution < 1.29 is 17.6 Å². The first-order valence-electron chi connectivity index (χ1n) is 8.64. The fraction of sp³-hybridized carbons (Fsp3) is 0.0952. The van der Waals surface area contributed by atoms with Crippen LogP contribution in [0.15, 0.2) is 77.7 Å². The van der Waals surface area contributed by atoms with Gasteiger partial charge in [0.1, 0.15) is 5.82 Å². The molecule has 0 aliphatic carbocycles. The van der Waals surface area contributed by atoms with Gasteiger partial charge in [0.15, 0.2) is 0 Å². The van der Waals surface area contributed by atoms with Crippen molar-refractivity contribution in [2.75, 3.05) is 12.4 Å². The Morgan fingerprint density at radius 3 is 2.31 bits per heavy atom. The summed E-state index contributed by atoms with van der Waals surface area (Å²) < 4.78 is 41.1. The lowest BCUT2D eigenvalue weighted by Crippen LogP contribution is -2.26.